The van der Waals surface area contributed by atoms with E-state index < -0.39 is 15.8 Å². The van der Waals surface area contributed by atoms with Gasteiger partial charge in [-0.05, 0) is 44.0 Å². The van der Waals surface area contributed by atoms with Crippen molar-refractivity contribution in [2.75, 3.05) is 26.0 Å². The summed E-state index contributed by atoms with van der Waals surface area (Å²) in [5, 5.41) is 4.40. The largest absolute Gasteiger partial charge is 0.494 e. The molecule has 1 aromatic heterocycles. The number of aromatic nitrogens is 2. The van der Waals surface area contributed by atoms with Crippen molar-refractivity contribution in [2.45, 2.75) is 25.8 Å². The first-order valence-corrected chi connectivity index (χ1v) is 10.4. The fraction of sp³-hybridized carbons (Fsp3) is 0.444. The zero-order valence-electron chi connectivity index (χ0n) is 15.3. The number of rotatable bonds is 5. The zero-order chi connectivity index (χ0) is 19.6. The van der Waals surface area contributed by atoms with Crippen LogP contribution in [0.5, 0.6) is 5.75 Å². The Morgan fingerprint density at radius 3 is 2.52 bits per heavy atom. The molecule has 0 amide bonds. The molecule has 0 radical (unpaired) electrons. The van der Waals surface area contributed by atoms with Crippen molar-refractivity contribution in [3.8, 4) is 17.0 Å². The molecule has 1 fully saturated rings. The van der Waals surface area contributed by atoms with Crippen LogP contribution in [0.1, 0.15) is 25.8 Å². The Morgan fingerprint density at radius 2 is 1.93 bits per heavy atom. The molecule has 146 valence electrons. The second kappa shape index (κ2) is 7.77. The standard InChI is InChI=1S/C18H22FN3O4S/c1-3-27(24,25)21-10-8-14(9-11-21)22-18(23)7-5-16(20-22)13-4-6-17(26-2)15(19)12-13/h4-7,12,14H,3,8-11H2,1-2H3. The van der Waals surface area contributed by atoms with Crippen molar-refractivity contribution in [1.82, 2.24) is 14.1 Å². The summed E-state index contributed by atoms with van der Waals surface area (Å²) in [6.07, 6.45) is 1.01. The maximum atomic E-state index is 14.0. The van der Waals surface area contributed by atoms with Gasteiger partial charge in [-0.2, -0.15) is 5.10 Å². The molecule has 0 bridgehead atoms. The van der Waals surface area contributed by atoms with Crippen molar-refractivity contribution in [1.29, 1.82) is 0 Å². The SMILES string of the molecule is CCS(=O)(=O)N1CCC(n2nc(-c3ccc(OC)c(F)c3)ccc2=O)CC1. The average Bonchev–Trinajstić information content (AvgIpc) is 2.68. The summed E-state index contributed by atoms with van der Waals surface area (Å²) in [7, 11) is -1.84. The molecule has 27 heavy (non-hydrogen) atoms. The molecular formula is C18H22FN3O4S. The molecule has 0 atom stereocenters. The van der Waals surface area contributed by atoms with Crippen molar-refractivity contribution < 1.29 is 17.5 Å². The molecule has 0 N–H and O–H groups in total. The van der Waals surface area contributed by atoms with Gasteiger partial charge in [-0.15, -0.1) is 0 Å². The summed E-state index contributed by atoms with van der Waals surface area (Å²) in [6, 6.07) is 7.26. The Balaban J connectivity index is 1.85. The van der Waals surface area contributed by atoms with E-state index in [9.17, 15) is 17.6 Å². The predicted molar refractivity (Wildman–Crippen MR) is 99.7 cm³/mol. The topological polar surface area (TPSA) is 81.5 Å². The maximum Gasteiger partial charge on any atom is 0.267 e. The van der Waals surface area contributed by atoms with E-state index in [1.165, 1.54) is 34.3 Å². The number of ether oxygens (including phenoxy) is 1. The minimum Gasteiger partial charge on any atom is -0.494 e. The number of nitrogens with zero attached hydrogens (tertiary/aromatic N) is 3. The molecule has 0 unspecified atom stereocenters. The Kier molecular flexibility index (Phi) is 5.61. The maximum absolute atomic E-state index is 14.0. The Labute approximate surface area is 157 Å². The smallest absolute Gasteiger partial charge is 0.267 e. The van der Waals surface area contributed by atoms with Crippen LogP contribution in [0, 0.1) is 5.82 Å². The van der Waals surface area contributed by atoms with Crippen LogP contribution >= 0.6 is 0 Å². The minimum atomic E-state index is -3.23. The summed E-state index contributed by atoms with van der Waals surface area (Å²) in [5.74, 6) is -0.307. The number of hydrogen-bond acceptors (Lipinski definition) is 5. The number of methoxy groups -OCH3 is 1. The molecule has 0 aliphatic carbocycles. The summed E-state index contributed by atoms with van der Waals surface area (Å²) < 4.78 is 45.7. The first-order chi connectivity index (χ1) is 12.9. The lowest BCUT2D eigenvalue weighted by Gasteiger charge is -2.31. The van der Waals surface area contributed by atoms with Gasteiger partial charge in [-0.1, -0.05) is 0 Å². The highest BCUT2D eigenvalue weighted by Gasteiger charge is 2.28. The van der Waals surface area contributed by atoms with Gasteiger partial charge in [0.05, 0.1) is 24.6 Å². The van der Waals surface area contributed by atoms with E-state index in [-0.39, 0.29) is 23.1 Å². The van der Waals surface area contributed by atoms with Crippen molar-refractivity contribution in [2.24, 2.45) is 0 Å². The van der Waals surface area contributed by atoms with E-state index in [1.807, 2.05) is 0 Å². The highest BCUT2D eigenvalue weighted by molar-refractivity contribution is 7.89. The summed E-state index contributed by atoms with van der Waals surface area (Å²) in [5.41, 5.74) is 0.748. The van der Waals surface area contributed by atoms with E-state index in [1.54, 1.807) is 19.1 Å². The first-order valence-electron chi connectivity index (χ1n) is 8.77. The lowest BCUT2D eigenvalue weighted by Crippen LogP contribution is -2.41. The van der Waals surface area contributed by atoms with Crippen LogP contribution in [0.4, 0.5) is 4.39 Å². The summed E-state index contributed by atoms with van der Waals surface area (Å²) in [4.78, 5) is 12.3. The Morgan fingerprint density at radius 1 is 1.22 bits per heavy atom. The molecule has 1 aliphatic heterocycles. The van der Waals surface area contributed by atoms with Gasteiger partial charge < -0.3 is 4.74 Å². The molecular weight excluding hydrogens is 373 g/mol. The van der Waals surface area contributed by atoms with Gasteiger partial charge in [0.25, 0.3) is 5.56 Å². The van der Waals surface area contributed by atoms with Crippen LogP contribution in [0.2, 0.25) is 0 Å². The van der Waals surface area contributed by atoms with Gasteiger partial charge in [0, 0.05) is 24.7 Å². The number of halogens is 1. The fourth-order valence-corrected chi connectivity index (χ4v) is 4.35. The molecule has 1 aromatic carbocycles. The van der Waals surface area contributed by atoms with Crippen LogP contribution in [-0.2, 0) is 10.0 Å². The molecule has 1 saturated heterocycles. The average molecular weight is 395 g/mol. The van der Waals surface area contributed by atoms with Crippen molar-refractivity contribution in [3.63, 3.8) is 0 Å². The second-order valence-corrected chi connectivity index (χ2v) is 8.64. The van der Waals surface area contributed by atoms with E-state index >= 15 is 0 Å². The normalized spacial score (nSPS) is 16.4. The Bertz CT molecular complexity index is 982. The van der Waals surface area contributed by atoms with Crippen LogP contribution in [-0.4, -0.2) is 48.5 Å². The first kappa shape index (κ1) is 19.5. The fourth-order valence-electron chi connectivity index (χ4n) is 3.21. The highest BCUT2D eigenvalue weighted by Crippen LogP contribution is 2.26. The third-order valence-electron chi connectivity index (χ3n) is 4.80. The van der Waals surface area contributed by atoms with Gasteiger partial charge in [0.15, 0.2) is 11.6 Å². The second-order valence-electron chi connectivity index (χ2n) is 6.38. The van der Waals surface area contributed by atoms with Gasteiger partial charge in [0.1, 0.15) is 0 Å². The molecule has 0 spiro atoms. The summed E-state index contributed by atoms with van der Waals surface area (Å²) >= 11 is 0. The van der Waals surface area contributed by atoms with Crippen molar-refractivity contribution >= 4 is 10.0 Å². The number of sulfonamides is 1. The van der Waals surface area contributed by atoms with Crippen LogP contribution in [0.25, 0.3) is 11.3 Å². The van der Waals surface area contributed by atoms with E-state index in [0.717, 1.165) is 0 Å². The van der Waals surface area contributed by atoms with Crippen LogP contribution < -0.4 is 10.3 Å². The van der Waals surface area contributed by atoms with Crippen LogP contribution in [0.3, 0.4) is 0 Å². The lowest BCUT2D eigenvalue weighted by molar-refractivity contribution is 0.256. The van der Waals surface area contributed by atoms with Gasteiger partial charge in [-0.25, -0.2) is 21.8 Å². The minimum absolute atomic E-state index is 0.0639. The van der Waals surface area contributed by atoms with Gasteiger partial charge in [-0.3, -0.25) is 4.79 Å². The lowest BCUT2D eigenvalue weighted by atomic mass is 10.1. The van der Waals surface area contributed by atoms with Crippen molar-refractivity contribution in [3.05, 3.63) is 46.5 Å². The third kappa shape index (κ3) is 4.03. The highest BCUT2D eigenvalue weighted by atomic mass is 32.2. The molecule has 9 heteroatoms. The zero-order valence-corrected chi connectivity index (χ0v) is 16.1. The predicted octanol–water partition coefficient (Wildman–Crippen LogP) is 2.04. The third-order valence-corrected chi connectivity index (χ3v) is 6.68. The van der Waals surface area contributed by atoms with Gasteiger partial charge in [0.2, 0.25) is 10.0 Å². The van der Waals surface area contributed by atoms with E-state index in [2.05, 4.69) is 5.10 Å². The molecule has 2 heterocycles. The Hall–Kier alpha value is -2.26. The molecule has 1 aliphatic rings. The van der Waals surface area contributed by atoms with E-state index in [4.69, 9.17) is 4.74 Å². The van der Waals surface area contributed by atoms with Crippen LogP contribution in [0.15, 0.2) is 35.1 Å². The molecule has 0 saturated carbocycles. The van der Waals surface area contributed by atoms with Gasteiger partial charge >= 0.3 is 0 Å². The number of piperidine rings is 1. The molecule has 3 rings (SSSR count). The molecule has 7 nitrogen and oxygen atoms in total. The monoisotopic (exact) mass is 395 g/mol. The number of benzene rings is 1. The molecule has 2 aromatic rings. The quantitative estimate of drug-likeness (QED) is 0.774. The van der Waals surface area contributed by atoms with E-state index in [0.29, 0.717) is 37.2 Å². The summed E-state index contributed by atoms with van der Waals surface area (Å²) in [6.45, 7) is 2.33. The number of hydrogen-bond donors (Lipinski definition) is 0.